The maximum absolute atomic E-state index is 14.3. The predicted molar refractivity (Wildman–Crippen MR) is 92.4 cm³/mol. The van der Waals surface area contributed by atoms with Gasteiger partial charge in [-0.1, -0.05) is 36.4 Å². The maximum Gasteiger partial charge on any atom is 0.411 e. The van der Waals surface area contributed by atoms with Crippen molar-refractivity contribution in [1.29, 1.82) is 0 Å². The number of carbonyl (C=O) groups excluding carboxylic acids is 1. The summed E-state index contributed by atoms with van der Waals surface area (Å²) in [5, 5.41) is 4.92. The van der Waals surface area contributed by atoms with Crippen LogP contribution >= 0.6 is 0 Å². The Bertz CT molecular complexity index is 823. The first-order chi connectivity index (χ1) is 12.5. The molecule has 2 aromatic rings. The van der Waals surface area contributed by atoms with Crippen LogP contribution in [0.25, 0.3) is 5.57 Å². The van der Waals surface area contributed by atoms with Gasteiger partial charge >= 0.3 is 6.09 Å². The molecule has 0 aromatic heterocycles. The Hall–Kier alpha value is -2.80. The number of ether oxygens (including phenoxy) is 1. The Balaban J connectivity index is 1.66. The number of hydrogen-bond donors (Lipinski definition) is 2. The van der Waals surface area contributed by atoms with Crippen LogP contribution in [0.1, 0.15) is 11.1 Å². The highest BCUT2D eigenvalue weighted by molar-refractivity contribution is 5.85. The Labute approximate surface area is 148 Å². The van der Waals surface area contributed by atoms with Crippen LogP contribution in [0, 0.1) is 5.82 Å². The molecule has 136 valence electrons. The van der Waals surface area contributed by atoms with Gasteiger partial charge in [-0.3, -0.25) is 5.32 Å². The molecule has 0 bridgehead atoms. The fourth-order valence-electron chi connectivity index (χ4n) is 2.64. The van der Waals surface area contributed by atoms with Crippen molar-refractivity contribution in [3.8, 4) is 0 Å². The van der Waals surface area contributed by atoms with E-state index in [9.17, 15) is 18.0 Å². The summed E-state index contributed by atoms with van der Waals surface area (Å²) in [7, 11) is 0. The topological polar surface area (TPSA) is 50.4 Å². The molecule has 0 saturated heterocycles. The first-order valence-electron chi connectivity index (χ1n) is 8.02. The minimum atomic E-state index is -3.15. The first kappa shape index (κ1) is 18.0. The van der Waals surface area contributed by atoms with E-state index in [2.05, 4.69) is 10.6 Å². The van der Waals surface area contributed by atoms with Crippen LogP contribution in [0.5, 0.6) is 0 Å². The number of carbonyl (C=O) groups is 1. The highest BCUT2D eigenvalue weighted by Gasteiger charge is 2.37. The second kappa shape index (κ2) is 7.61. The van der Waals surface area contributed by atoms with E-state index >= 15 is 0 Å². The molecule has 1 aliphatic rings. The summed E-state index contributed by atoms with van der Waals surface area (Å²) < 4.78 is 47.2. The SMILES string of the molecule is O=C(Nc1ccc(C2=CCNCC2(F)F)c(F)c1)OCc1ccccc1. The van der Waals surface area contributed by atoms with E-state index < -0.39 is 24.4 Å². The van der Waals surface area contributed by atoms with Crippen molar-refractivity contribution in [3.05, 3.63) is 71.6 Å². The molecule has 1 heterocycles. The van der Waals surface area contributed by atoms with Crippen LogP contribution in [-0.4, -0.2) is 25.1 Å². The quantitative estimate of drug-likeness (QED) is 0.857. The normalized spacial score (nSPS) is 15.9. The molecule has 0 saturated carbocycles. The molecule has 2 N–H and O–H groups in total. The van der Waals surface area contributed by atoms with E-state index in [0.29, 0.717) is 0 Å². The molecule has 0 fully saturated rings. The third-order valence-corrected chi connectivity index (χ3v) is 3.91. The summed E-state index contributed by atoms with van der Waals surface area (Å²) in [5.74, 6) is -3.98. The highest BCUT2D eigenvalue weighted by atomic mass is 19.3. The molecule has 0 radical (unpaired) electrons. The molecule has 0 unspecified atom stereocenters. The number of anilines is 1. The Morgan fingerprint density at radius 1 is 1.19 bits per heavy atom. The summed E-state index contributed by atoms with van der Waals surface area (Å²) in [6.07, 6.45) is 0.510. The van der Waals surface area contributed by atoms with Crippen LogP contribution in [0.3, 0.4) is 0 Å². The van der Waals surface area contributed by atoms with E-state index in [4.69, 9.17) is 4.74 Å². The number of nitrogens with one attached hydrogen (secondary N) is 2. The van der Waals surface area contributed by atoms with Crippen molar-refractivity contribution < 1.29 is 22.7 Å². The summed E-state index contributed by atoms with van der Waals surface area (Å²) >= 11 is 0. The lowest BCUT2D eigenvalue weighted by atomic mass is 9.96. The van der Waals surface area contributed by atoms with E-state index in [0.717, 1.165) is 11.6 Å². The van der Waals surface area contributed by atoms with Crippen molar-refractivity contribution in [2.75, 3.05) is 18.4 Å². The van der Waals surface area contributed by atoms with Gasteiger partial charge in [0.05, 0.1) is 6.54 Å². The van der Waals surface area contributed by atoms with Crippen molar-refractivity contribution in [2.24, 2.45) is 0 Å². The van der Waals surface area contributed by atoms with Crippen molar-refractivity contribution in [1.82, 2.24) is 5.32 Å². The van der Waals surface area contributed by atoms with Crippen LogP contribution in [0.15, 0.2) is 54.6 Å². The molecule has 1 aliphatic heterocycles. The maximum atomic E-state index is 14.3. The van der Waals surface area contributed by atoms with Gasteiger partial charge in [-0.2, -0.15) is 8.78 Å². The van der Waals surface area contributed by atoms with Gasteiger partial charge in [0, 0.05) is 23.4 Å². The molecular weight excluding hydrogens is 345 g/mol. The van der Waals surface area contributed by atoms with Gasteiger partial charge in [0.1, 0.15) is 12.4 Å². The van der Waals surface area contributed by atoms with Gasteiger partial charge in [-0.15, -0.1) is 0 Å². The minimum Gasteiger partial charge on any atom is -0.444 e. The zero-order chi connectivity index (χ0) is 18.6. The average molecular weight is 362 g/mol. The standard InChI is InChI=1S/C19H17F3N2O2/c20-17-10-14(24-18(25)26-11-13-4-2-1-3-5-13)6-7-15(17)16-8-9-23-12-19(16,21)22/h1-8,10,23H,9,11-12H2,(H,24,25). The molecule has 1 amide bonds. The number of rotatable bonds is 4. The molecule has 7 heteroatoms. The lowest BCUT2D eigenvalue weighted by molar-refractivity contribution is 0.0633. The van der Waals surface area contributed by atoms with Crippen LogP contribution in [0.2, 0.25) is 0 Å². The van der Waals surface area contributed by atoms with E-state index in [1.54, 1.807) is 12.1 Å². The molecule has 26 heavy (non-hydrogen) atoms. The Morgan fingerprint density at radius 2 is 1.96 bits per heavy atom. The van der Waals surface area contributed by atoms with Crippen molar-refractivity contribution in [3.63, 3.8) is 0 Å². The number of hydrogen-bond acceptors (Lipinski definition) is 3. The zero-order valence-electron chi connectivity index (χ0n) is 13.8. The van der Waals surface area contributed by atoms with Crippen LogP contribution < -0.4 is 10.6 Å². The van der Waals surface area contributed by atoms with Crippen LogP contribution in [0.4, 0.5) is 23.7 Å². The largest absolute Gasteiger partial charge is 0.444 e. The van der Waals surface area contributed by atoms with Gasteiger partial charge in [-0.25, -0.2) is 9.18 Å². The van der Waals surface area contributed by atoms with Gasteiger partial charge < -0.3 is 10.1 Å². The zero-order valence-corrected chi connectivity index (χ0v) is 13.8. The van der Waals surface area contributed by atoms with E-state index in [1.807, 2.05) is 18.2 Å². The van der Waals surface area contributed by atoms with Crippen molar-refractivity contribution >= 4 is 17.4 Å². The molecular formula is C19H17F3N2O2. The van der Waals surface area contributed by atoms with Gasteiger partial charge in [0.2, 0.25) is 0 Å². The molecule has 2 aromatic carbocycles. The number of halogens is 3. The summed E-state index contributed by atoms with van der Waals surface area (Å²) in [5.41, 5.74) is 0.401. The number of amides is 1. The number of benzene rings is 2. The van der Waals surface area contributed by atoms with E-state index in [-0.39, 0.29) is 30.0 Å². The summed E-state index contributed by atoms with van der Waals surface area (Å²) in [4.78, 5) is 11.8. The lowest BCUT2D eigenvalue weighted by Crippen LogP contribution is -2.38. The third kappa shape index (κ3) is 4.23. The van der Waals surface area contributed by atoms with Gasteiger partial charge in [-0.05, 0) is 23.8 Å². The average Bonchev–Trinajstić information content (AvgIpc) is 2.61. The van der Waals surface area contributed by atoms with Gasteiger partial charge in [0.25, 0.3) is 5.92 Å². The molecule has 3 rings (SSSR count). The number of alkyl halides is 2. The molecule has 4 nitrogen and oxygen atoms in total. The van der Waals surface area contributed by atoms with E-state index in [1.165, 1.54) is 18.2 Å². The molecule has 0 aliphatic carbocycles. The second-order valence-corrected chi connectivity index (χ2v) is 5.83. The fraction of sp³-hybridized carbons (Fsp3) is 0.211. The third-order valence-electron chi connectivity index (χ3n) is 3.91. The molecule has 0 spiro atoms. The molecule has 0 atom stereocenters. The van der Waals surface area contributed by atoms with Crippen molar-refractivity contribution in [2.45, 2.75) is 12.5 Å². The summed E-state index contributed by atoms with van der Waals surface area (Å²) in [6, 6.07) is 12.7. The van der Waals surface area contributed by atoms with Crippen LogP contribution in [-0.2, 0) is 11.3 Å². The first-order valence-corrected chi connectivity index (χ1v) is 8.02. The minimum absolute atomic E-state index is 0.0688. The Morgan fingerprint density at radius 3 is 2.65 bits per heavy atom. The summed E-state index contributed by atoms with van der Waals surface area (Å²) in [6.45, 7) is -0.223. The lowest BCUT2D eigenvalue weighted by Gasteiger charge is -2.25. The fourth-order valence-corrected chi connectivity index (χ4v) is 2.64. The predicted octanol–water partition coefficient (Wildman–Crippen LogP) is 4.20. The Kier molecular flexibility index (Phi) is 5.27. The smallest absolute Gasteiger partial charge is 0.411 e. The monoisotopic (exact) mass is 362 g/mol. The van der Waals surface area contributed by atoms with Gasteiger partial charge in [0.15, 0.2) is 0 Å². The highest BCUT2D eigenvalue weighted by Crippen LogP contribution is 2.35. The second-order valence-electron chi connectivity index (χ2n) is 5.83.